The van der Waals surface area contributed by atoms with E-state index in [4.69, 9.17) is 0 Å². The number of benzene rings is 2. The molecule has 0 heterocycles. The Morgan fingerprint density at radius 3 is 2.26 bits per heavy atom. The molecular formula is C23H30N2O2. The molecule has 2 N–H and O–H groups in total. The van der Waals surface area contributed by atoms with Gasteiger partial charge in [-0.05, 0) is 49.8 Å². The van der Waals surface area contributed by atoms with E-state index in [-0.39, 0.29) is 17.7 Å². The first-order valence-electron chi connectivity index (χ1n) is 9.46. The fourth-order valence-corrected chi connectivity index (χ4v) is 2.90. The fourth-order valence-electron chi connectivity index (χ4n) is 2.90. The highest BCUT2D eigenvalue weighted by Gasteiger charge is 2.36. The van der Waals surface area contributed by atoms with Crippen LogP contribution in [0, 0.1) is 12.3 Å². The first kappa shape index (κ1) is 20.7. The Morgan fingerprint density at radius 2 is 1.63 bits per heavy atom. The first-order valence-corrected chi connectivity index (χ1v) is 9.46. The average molecular weight is 367 g/mol. The molecule has 0 atom stereocenters. The Kier molecular flexibility index (Phi) is 6.78. The number of carbonyl (C=O) groups is 2. The normalized spacial score (nSPS) is 11.3. The molecule has 0 saturated carbocycles. The second-order valence-electron chi connectivity index (χ2n) is 7.76. The number of amides is 2. The highest BCUT2D eigenvalue weighted by atomic mass is 16.2. The van der Waals surface area contributed by atoms with Crippen LogP contribution < -0.4 is 10.6 Å². The maximum atomic E-state index is 12.9. The SMILES string of the molecule is Cc1cccc(C(C)C)c1NC(=O)C(C)(C)C(=O)NCCc1ccccc1. The molecule has 0 bridgehead atoms. The van der Waals surface area contributed by atoms with Crippen LogP contribution in [-0.2, 0) is 16.0 Å². The molecule has 0 aliphatic heterocycles. The molecule has 0 saturated heterocycles. The Hall–Kier alpha value is -2.62. The van der Waals surface area contributed by atoms with Gasteiger partial charge in [0.05, 0.1) is 0 Å². The van der Waals surface area contributed by atoms with Crippen molar-refractivity contribution in [2.24, 2.45) is 5.41 Å². The Labute approximate surface area is 162 Å². The van der Waals surface area contributed by atoms with Crippen LogP contribution in [0.2, 0.25) is 0 Å². The summed E-state index contributed by atoms with van der Waals surface area (Å²) in [4.78, 5) is 25.5. The number of aryl methyl sites for hydroxylation is 1. The summed E-state index contributed by atoms with van der Waals surface area (Å²) in [6.07, 6.45) is 0.736. The van der Waals surface area contributed by atoms with Crippen LogP contribution in [0.5, 0.6) is 0 Å². The van der Waals surface area contributed by atoms with Crippen molar-refractivity contribution in [2.75, 3.05) is 11.9 Å². The van der Waals surface area contributed by atoms with Crippen LogP contribution >= 0.6 is 0 Å². The lowest BCUT2D eigenvalue weighted by Gasteiger charge is -2.25. The van der Waals surface area contributed by atoms with Crippen LogP contribution in [0.3, 0.4) is 0 Å². The standard InChI is InChI=1S/C23H30N2O2/c1-16(2)19-13-9-10-17(3)20(19)25-22(27)23(4,5)21(26)24-15-14-18-11-7-6-8-12-18/h6-13,16H,14-15H2,1-5H3,(H,24,26)(H,25,27). The second kappa shape index (κ2) is 8.85. The number of para-hydroxylation sites is 1. The minimum atomic E-state index is -1.16. The predicted octanol–water partition coefficient (Wildman–Crippen LogP) is 4.44. The largest absolute Gasteiger partial charge is 0.355 e. The molecule has 0 spiro atoms. The van der Waals surface area contributed by atoms with Gasteiger partial charge in [-0.25, -0.2) is 0 Å². The van der Waals surface area contributed by atoms with E-state index in [2.05, 4.69) is 24.5 Å². The minimum absolute atomic E-state index is 0.268. The van der Waals surface area contributed by atoms with Crippen molar-refractivity contribution in [1.82, 2.24) is 5.32 Å². The zero-order chi connectivity index (χ0) is 20.0. The van der Waals surface area contributed by atoms with E-state index in [1.54, 1.807) is 13.8 Å². The summed E-state index contributed by atoms with van der Waals surface area (Å²) in [6.45, 7) is 9.97. The van der Waals surface area contributed by atoms with Crippen molar-refractivity contribution in [1.29, 1.82) is 0 Å². The monoisotopic (exact) mass is 366 g/mol. The van der Waals surface area contributed by atoms with Crippen molar-refractivity contribution < 1.29 is 9.59 Å². The zero-order valence-corrected chi connectivity index (χ0v) is 16.9. The van der Waals surface area contributed by atoms with Crippen LogP contribution in [0.1, 0.15) is 50.3 Å². The number of rotatable bonds is 7. The second-order valence-corrected chi connectivity index (χ2v) is 7.76. The summed E-state index contributed by atoms with van der Waals surface area (Å²) in [5, 5.41) is 5.88. The van der Waals surface area contributed by atoms with Crippen LogP contribution in [0.4, 0.5) is 5.69 Å². The molecule has 0 unspecified atom stereocenters. The van der Waals surface area contributed by atoms with Crippen molar-refractivity contribution in [3.63, 3.8) is 0 Å². The zero-order valence-electron chi connectivity index (χ0n) is 16.9. The van der Waals surface area contributed by atoms with Gasteiger partial charge in [-0.1, -0.05) is 62.4 Å². The van der Waals surface area contributed by atoms with Crippen LogP contribution in [0.25, 0.3) is 0 Å². The third-order valence-corrected chi connectivity index (χ3v) is 4.84. The Balaban J connectivity index is 2.03. The molecule has 144 valence electrons. The summed E-state index contributed by atoms with van der Waals surface area (Å²) in [5.41, 5.74) is 2.87. The molecule has 0 fully saturated rings. The highest BCUT2D eigenvalue weighted by Crippen LogP contribution is 2.29. The molecule has 27 heavy (non-hydrogen) atoms. The van der Waals surface area contributed by atoms with Gasteiger partial charge in [0, 0.05) is 12.2 Å². The summed E-state index contributed by atoms with van der Waals surface area (Å²) < 4.78 is 0. The summed E-state index contributed by atoms with van der Waals surface area (Å²) in [5.74, 6) is -0.283. The molecule has 0 aliphatic carbocycles. The van der Waals surface area contributed by atoms with Crippen molar-refractivity contribution in [3.8, 4) is 0 Å². The van der Waals surface area contributed by atoms with Gasteiger partial charge in [0.2, 0.25) is 11.8 Å². The maximum absolute atomic E-state index is 12.9. The number of anilines is 1. The average Bonchev–Trinajstić information content (AvgIpc) is 2.63. The van der Waals surface area contributed by atoms with Crippen molar-refractivity contribution in [2.45, 2.75) is 47.0 Å². The topological polar surface area (TPSA) is 58.2 Å². The summed E-state index contributed by atoms with van der Waals surface area (Å²) in [6, 6.07) is 15.9. The van der Waals surface area contributed by atoms with E-state index in [0.29, 0.717) is 6.54 Å². The fraction of sp³-hybridized carbons (Fsp3) is 0.391. The lowest BCUT2D eigenvalue weighted by molar-refractivity contribution is -0.138. The van der Waals surface area contributed by atoms with Crippen molar-refractivity contribution >= 4 is 17.5 Å². The Bertz CT molecular complexity index is 795. The Morgan fingerprint density at radius 1 is 0.963 bits per heavy atom. The molecule has 2 rings (SSSR count). The van der Waals surface area contributed by atoms with E-state index in [9.17, 15) is 9.59 Å². The van der Waals surface area contributed by atoms with Gasteiger partial charge >= 0.3 is 0 Å². The number of hydrogen-bond acceptors (Lipinski definition) is 2. The van der Waals surface area contributed by atoms with Gasteiger partial charge in [0.15, 0.2) is 0 Å². The lowest BCUT2D eigenvalue weighted by Crippen LogP contribution is -2.45. The quantitative estimate of drug-likeness (QED) is 0.712. The van der Waals surface area contributed by atoms with Gasteiger partial charge in [0.1, 0.15) is 5.41 Å². The molecular weight excluding hydrogens is 336 g/mol. The number of hydrogen-bond donors (Lipinski definition) is 2. The van der Waals surface area contributed by atoms with E-state index in [1.807, 2.05) is 55.5 Å². The van der Waals surface area contributed by atoms with Gasteiger partial charge in [0.25, 0.3) is 0 Å². The maximum Gasteiger partial charge on any atom is 0.239 e. The van der Waals surface area contributed by atoms with Gasteiger partial charge in [-0.15, -0.1) is 0 Å². The summed E-state index contributed by atoms with van der Waals surface area (Å²) in [7, 11) is 0. The molecule has 2 aromatic carbocycles. The highest BCUT2D eigenvalue weighted by molar-refractivity contribution is 6.10. The molecule has 0 aliphatic rings. The van der Waals surface area contributed by atoms with Crippen LogP contribution in [-0.4, -0.2) is 18.4 Å². The molecule has 4 nitrogen and oxygen atoms in total. The molecule has 2 aromatic rings. The molecule has 0 radical (unpaired) electrons. The molecule has 4 heteroatoms. The van der Waals surface area contributed by atoms with E-state index < -0.39 is 5.41 Å². The smallest absolute Gasteiger partial charge is 0.239 e. The summed E-state index contributed by atoms with van der Waals surface area (Å²) >= 11 is 0. The van der Waals surface area contributed by atoms with E-state index >= 15 is 0 Å². The van der Waals surface area contributed by atoms with E-state index in [0.717, 1.165) is 28.8 Å². The third kappa shape index (κ3) is 5.19. The van der Waals surface area contributed by atoms with Crippen LogP contribution in [0.15, 0.2) is 48.5 Å². The number of carbonyl (C=O) groups excluding carboxylic acids is 2. The van der Waals surface area contributed by atoms with Gasteiger partial charge in [-0.2, -0.15) is 0 Å². The van der Waals surface area contributed by atoms with E-state index in [1.165, 1.54) is 0 Å². The lowest BCUT2D eigenvalue weighted by atomic mass is 9.90. The van der Waals surface area contributed by atoms with Gasteiger partial charge < -0.3 is 10.6 Å². The minimum Gasteiger partial charge on any atom is -0.355 e. The van der Waals surface area contributed by atoms with Gasteiger partial charge in [-0.3, -0.25) is 9.59 Å². The molecule has 0 aromatic heterocycles. The third-order valence-electron chi connectivity index (χ3n) is 4.84. The first-order chi connectivity index (χ1) is 12.7. The van der Waals surface area contributed by atoms with Crippen molar-refractivity contribution in [3.05, 3.63) is 65.2 Å². The molecule has 2 amide bonds. The number of nitrogens with one attached hydrogen (secondary N) is 2. The predicted molar refractivity (Wildman–Crippen MR) is 111 cm³/mol.